The molecule has 0 unspecified atom stereocenters. The van der Waals surface area contributed by atoms with E-state index in [-0.39, 0.29) is 28.8 Å². The molecular formula is C30H37N3O7S. The number of carbonyl (C=O) groups excluding carboxylic acids is 2. The molecule has 0 radical (unpaired) electrons. The Bertz CT molecular complexity index is 1460. The van der Waals surface area contributed by atoms with Crippen LogP contribution in [0.5, 0.6) is 17.2 Å². The van der Waals surface area contributed by atoms with Crippen molar-refractivity contribution < 1.29 is 32.2 Å². The zero-order chi connectivity index (χ0) is 30.2. The number of sulfonamides is 1. The molecule has 0 bridgehead atoms. The first-order valence-electron chi connectivity index (χ1n) is 13.1. The van der Waals surface area contributed by atoms with E-state index in [2.05, 4.69) is 5.32 Å². The van der Waals surface area contributed by atoms with Crippen molar-refractivity contribution >= 4 is 27.5 Å². The minimum Gasteiger partial charge on any atom is -0.497 e. The number of nitrogens with zero attached hydrogens (tertiary/aromatic N) is 2. The van der Waals surface area contributed by atoms with Crippen LogP contribution in [-0.2, 0) is 26.2 Å². The molecule has 11 heteroatoms. The first kappa shape index (κ1) is 31.3. The maximum absolute atomic E-state index is 14.1. The molecule has 0 saturated heterocycles. The molecule has 1 atom stereocenters. The summed E-state index contributed by atoms with van der Waals surface area (Å²) in [6.45, 7) is 5.05. The normalized spacial score (nSPS) is 11.8. The molecule has 220 valence electrons. The minimum absolute atomic E-state index is 0.00288. The SMILES string of the molecule is CCNC(=O)[C@@H](C)N(Cc1cccc(OC)c1)C(=O)CN(c1cc(OC)ccc1OC)S(=O)(=O)c1ccc(C)cc1. The average molecular weight is 584 g/mol. The largest absolute Gasteiger partial charge is 0.497 e. The Hall–Kier alpha value is -4.25. The molecule has 0 aromatic heterocycles. The Morgan fingerprint density at radius 3 is 2.17 bits per heavy atom. The van der Waals surface area contributed by atoms with Gasteiger partial charge in [-0.15, -0.1) is 0 Å². The van der Waals surface area contributed by atoms with Gasteiger partial charge >= 0.3 is 0 Å². The van der Waals surface area contributed by atoms with Crippen molar-refractivity contribution in [3.8, 4) is 17.2 Å². The van der Waals surface area contributed by atoms with Crippen LogP contribution in [0.4, 0.5) is 5.69 Å². The van der Waals surface area contributed by atoms with E-state index in [1.165, 1.54) is 44.4 Å². The van der Waals surface area contributed by atoms with Gasteiger partial charge in [0.2, 0.25) is 11.8 Å². The highest BCUT2D eigenvalue weighted by atomic mass is 32.2. The summed E-state index contributed by atoms with van der Waals surface area (Å²) in [6.07, 6.45) is 0. The van der Waals surface area contributed by atoms with Crippen LogP contribution in [0.3, 0.4) is 0 Å². The molecule has 41 heavy (non-hydrogen) atoms. The number of aryl methyl sites for hydroxylation is 1. The Morgan fingerprint density at radius 1 is 0.902 bits per heavy atom. The summed E-state index contributed by atoms with van der Waals surface area (Å²) in [5.74, 6) is 0.236. The van der Waals surface area contributed by atoms with E-state index in [0.717, 1.165) is 9.87 Å². The van der Waals surface area contributed by atoms with Crippen LogP contribution in [-0.4, -0.2) is 65.6 Å². The lowest BCUT2D eigenvalue weighted by Gasteiger charge is -2.32. The van der Waals surface area contributed by atoms with E-state index in [0.29, 0.717) is 23.6 Å². The van der Waals surface area contributed by atoms with Gasteiger partial charge in [0.1, 0.15) is 29.8 Å². The van der Waals surface area contributed by atoms with E-state index < -0.39 is 28.5 Å². The predicted molar refractivity (Wildman–Crippen MR) is 157 cm³/mol. The van der Waals surface area contributed by atoms with Crippen LogP contribution in [0.1, 0.15) is 25.0 Å². The van der Waals surface area contributed by atoms with Crippen molar-refractivity contribution in [3.05, 3.63) is 77.9 Å². The highest BCUT2D eigenvalue weighted by Gasteiger charge is 2.34. The summed E-state index contributed by atoms with van der Waals surface area (Å²) in [4.78, 5) is 28.3. The third kappa shape index (κ3) is 7.49. The highest BCUT2D eigenvalue weighted by molar-refractivity contribution is 7.92. The molecule has 3 rings (SSSR count). The topological polar surface area (TPSA) is 114 Å². The van der Waals surface area contributed by atoms with Crippen molar-refractivity contribution in [1.29, 1.82) is 0 Å². The first-order valence-corrected chi connectivity index (χ1v) is 14.5. The van der Waals surface area contributed by atoms with Crippen LogP contribution in [0.25, 0.3) is 0 Å². The molecule has 0 aliphatic rings. The molecule has 3 aromatic carbocycles. The number of hydrogen-bond acceptors (Lipinski definition) is 7. The fourth-order valence-corrected chi connectivity index (χ4v) is 5.63. The quantitative estimate of drug-likeness (QED) is 0.326. The Labute approximate surface area is 241 Å². The summed E-state index contributed by atoms with van der Waals surface area (Å²) in [5, 5.41) is 2.74. The summed E-state index contributed by atoms with van der Waals surface area (Å²) in [6, 6.07) is 17.3. The number of amides is 2. The summed E-state index contributed by atoms with van der Waals surface area (Å²) >= 11 is 0. The van der Waals surface area contributed by atoms with E-state index >= 15 is 0 Å². The maximum atomic E-state index is 14.1. The van der Waals surface area contributed by atoms with Crippen LogP contribution in [0.2, 0.25) is 0 Å². The number of hydrogen-bond donors (Lipinski definition) is 1. The van der Waals surface area contributed by atoms with Gasteiger partial charge in [-0.05, 0) is 62.7 Å². The summed E-state index contributed by atoms with van der Waals surface area (Å²) < 4.78 is 45.3. The summed E-state index contributed by atoms with van der Waals surface area (Å²) in [5.41, 5.74) is 1.71. The number of carbonyl (C=O) groups is 2. The van der Waals surface area contributed by atoms with Crippen molar-refractivity contribution in [3.63, 3.8) is 0 Å². The lowest BCUT2D eigenvalue weighted by molar-refractivity contribution is -0.139. The monoisotopic (exact) mass is 583 g/mol. The van der Waals surface area contributed by atoms with Gasteiger partial charge < -0.3 is 24.4 Å². The number of nitrogens with one attached hydrogen (secondary N) is 1. The molecular weight excluding hydrogens is 546 g/mol. The second-order valence-corrected chi connectivity index (χ2v) is 11.2. The minimum atomic E-state index is -4.27. The Kier molecular flexibility index (Phi) is 10.6. The van der Waals surface area contributed by atoms with Crippen molar-refractivity contribution in [1.82, 2.24) is 10.2 Å². The predicted octanol–water partition coefficient (Wildman–Crippen LogP) is 3.77. The zero-order valence-corrected chi connectivity index (χ0v) is 25.0. The van der Waals surface area contributed by atoms with Gasteiger partial charge in [-0.3, -0.25) is 13.9 Å². The highest BCUT2D eigenvalue weighted by Crippen LogP contribution is 2.36. The third-order valence-corrected chi connectivity index (χ3v) is 8.32. The van der Waals surface area contributed by atoms with Gasteiger partial charge in [-0.2, -0.15) is 0 Å². The van der Waals surface area contributed by atoms with E-state index in [9.17, 15) is 18.0 Å². The van der Waals surface area contributed by atoms with Gasteiger partial charge in [-0.1, -0.05) is 29.8 Å². The summed E-state index contributed by atoms with van der Waals surface area (Å²) in [7, 11) is 0.140. The number of methoxy groups -OCH3 is 3. The second-order valence-electron chi connectivity index (χ2n) is 9.31. The fraction of sp³-hybridized carbons (Fsp3) is 0.333. The van der Waals surface area contributed by atoms with Gasteiger partial charge in [-0.25, -0.2) is 8.42 Å². The first-order chi connectivity index (χ1) is 19.5. The second kappa shape index (κ2) is 13.9. The number of benzene rings is 3. The van der Waals surface area contributed by atoms with Crippen molar-refractivity contribution in [2.24, 2.45) is 0 Å². The number of rotatable bonds is 13. The van der Waals surface area contributed by atoms with Gasteiger partial charge in [0.15, 0.2) is 0 Å². The molecule has 0 heterocycles. The van der Waals surface area contributed by atoms with Crippen molar-refractivity contribution in [2.75, 3.05) is 38.7 Å². The number of ether oxygens (including phenoxy) is 3. The lowest BCUT2D eigenvalue weighted by Crippen LogP contribution is -2.51. The van der Waals surface area contributed by atoms with E-state index in [1.54, 1.807) is 62.4 Å². The third-order valence-electron chi connectivity index (χ3n) is 6.55. The zero-order valence-electron chi connectivity index (χ0n) is 24.2. The van der Waals surface area contributed by atoms with E-state index in [1.807, 2.05) is 6.92 Å². The maximum Gasteiger partial charge on any atom is 0.264 e. The molecule has 0 fully saturated rings. The fourth-order valence-electron chi connectivity index (χ4n) is 4.21. The van der Waals surface area contributed by atoms with Gasteiger partial charge in [0, 0.05) is 19.2 Å². The molecule has 10 nitrogen and oxygen atoms in total. The van der Waals surface area contributed by atoms with Crippen LogP contribution < -0.4 is 23.8 Å². The molecule has 1 N–H and O–H groups in total. The Balaban J connectivity index is 2.13. The number of likely N-dealkylation sites (N-methyl/N-ethyl adjacent to an activating group) is 1. The Morgan fingerprint density at radius 2 is 1.56 bits per heavy atom. The molecule has 0 aliphatic carbocycles. The van der Waals surface area contributed by atoms with Gasteiger partial charge in [0.25, 0.3) is 10.0 Å². The molecule has 0 aliphatic heterocycles. The standard InChI is InChI=1S/C30H37N3O7S/c1-7-31-30(35)22(3)32(19-23-9-8-10-24(17-23)38-4)29(34)20-33(27-18-25(39-5)13-16-28(27)40-6)41(36,37)26-14-11-21(2)12-15-26/h8-18,22H,7,19-20H2,1-6H3,(H,31,35)/t22-/m1/s1. The van der Waals surface area contributed by atoms with Crippen LogP contribution in [0, 0.1) is 6.92 Å². The molecule has 0 spiro atoms. The van der Waals surface area contributed by atoms with Crippen molar-refractivity contribution in [2.45, 2.75) is 38.3 Å². The molecule has 0 saturated carbocycles. The lowest BCUT2D eigenvalue weighted by atomic mass is 10.1. The van der Waals surface area contributed by atoms with E-state index in [4.69, 9.17) is 14.2 Å². The molecule has 2 amide bonds. The average Bonchev–Trinajstić information content (AvgIpc) is 2.98. The van der Waals surface area contributed by atoms with Crippen LogP contribution in [0.15, 0.2) is 71.6 Å². The smallest absolute Gasteiger partial charge is 0.264 e. The van der Waals surface area contributed by atoms with Gasteiger partial charge in [0.05, 0.1) is 31.9 Å². The van der Waals surface area contributed by atoms with Crippen LogP contribution >= 0.6 is 0 Å². The molecule has 3 aromatic rings. The number of anilines is 1.